The Kier molecular flexibility index (Phi) is 5.10. The first-order valence-electron chi connectivity index (χ1n) is 7.74. The molecule has 0 unspecified atom stereocenters. The van der Waals surface area contributed by atoms with Gasteiger partial charge in [-0.25, -0.2) is 4.98 Å². The fraction of sp³-hybridized carbons (Fsp3) is 0.353. The van der Waals surface area contributed by atoms with E-state index in [4.69, 9.17) is 4.98 Å². The molecule has 0 fully saturated rings. The first kappa shape index (κ1) is 17.2. The molecule has 0 saturated heterocycles. The van der Waals surface area contributed by atoms with Crippen molar-refractivity contribution in [1.82, 2.24) is 19.3 Å². The van der Waals surface area contributed by atoms with Gasteiger partial charge in [-0.1, -0.05) is 41.5 Å². The van der Waals surface area contributed by atoms with E-state index in [1.54, 1.807) is 21.0 Å². The molecule has 0 saturated carbocycles. The fourth-order valence-corrected chi connectivity index (χ4v) is 3.79. The number of halogens is 1. The van der Waals surface area contributed by atoms with Gasteiger partial charge >= 0.3 is 0 Å². The molecule has 3 rings (SSSR count). The first-order valence-corrected chi connectivity index (χ1v) is 9.52. The van der Waals surface area contributed by atoms with Crippen LogP contribution in [-0.4, -0.2) is 19.3 Å². The van der Waals surface area contributed by atoms with Gasteiger partial charge in [0.2, 0.25) is 0 Å². The van der Waals surface area contributed by atoms with Crippen molar-refractivity contribution in [3.05, 3.63) is 51.0 Å². The number of aryl methyl sites for hydroxylation is 1. The third kappa shape index (κ3) is 3.72. The maximum Gasteiger partial charge on any atom is 0.262 e. The van der Waals surface area contributed by atoms with Crippen molar-refractivity contribution in [3.63, 3.8) is 0 Å². The average Bonchev–Trinajstić information content (AvgIpc) is 2.94. The van der Waals surface area contributed by atoms with Crippen LogP contribution >= 0.6 is 27.7 Å². The van der Waals surface area contributed by atoms with E-state index in [2.05, 4.69) is 34.9 Å². The SMILES string of the molecule is CC(C)Cn1c(SCc2cnn(C)c2)nc2ccc(Br)cc2c1=O. The second kappa shape index (κ2) is 7.11. The summed E-state index contributed by atoms with van der Waals surface area (Å²) >= 11 is 5.01. The number of rotatable bonds is 5. The van der Waals surface area contributed by atoms with Gasteiger partial charge in [0, 0.05) is 35.6 Å². The molecule has 0 aliphatic carbocycles. The van der Waals surface area contributed by atoms with Crippen molar-refractivity contribution in [2.75, 3.05) is 0 Å². The van der Waals surface area contributed by atoms with E-state index in [0.717, 1.165) is 26.5 Å². The van der Waals surface area contributed by atoms with E-state index < -0.39 is 0 Å². The van der Waals surface area contributed by atoms with Crippen molar-refractivity contribution in [1.29, 1.82) is 0 Å². The van der Waals surface area contributed by atoms with E-state index in [1.165, 1.54) is 0 Å². The van der Waals surface area contributed by atoms with Crippen LogP contribution in [-0.2, 0) is 19.3 Å². The largest absolute Gasteiger partial charge is 0.287 e. The molecular weight excluding hydrogens is 388 g/mol. The van der Waals surface area contributed by atoms with E-state index in [0.29, 0.717) is 17.8 Å². The third-order valence-electron chi connectivity index (χ3n) is 3.56. The molecule has 1 aromatic carbocycles. The van der Waals surface area contributed by atoms with Crippen molar-refractivity contribution in [3.8, 4) is 0 Å². The molecule has 5 nitrogen and oxygen atoms in total. The number of aromatic nitrogens is 4. The lowest BCUT2D eigenvalue weighted by atomic mass is 10.2. The van der Waals surface area contributed by atoms with Crippen LogP contribution in [0.1, 0.15) is 19.4 Å². The van der Waals surface area contributed by atoms with Crippen LogP contribution in [0.15, 0.2) is 45.0 Å². The summed E-state index contributed by atoms with van der Waals surface area (Å²) < 4.78 is 4.46. The minimum atomic E-state index is 0.0173. The van der Waals surface area contributed by atoms with Crippen LogP contribution in [0.2, 0.25) is 0 Å². The molecule has 24 heavy (non-hydrogen) atoms. The standard InChI is InChI=1S/C17H19BrN4OS/c1-11(2)8-22-16(23)14-6-13(18)4-5-15(14)20-17(22)24-10-12-7-19-21(3)9-12/h4-7,9,11H,8,10H2,1-3H3. The molecule has 0 N–H and O–H groups in total. The van der Waals surface area contributed by atoms with Crippen LogP contribution < -0.4 is 5.56 Å². The summed E-state index contributed by atoms with van der Waals surface area (Å²) in [4.78, 5) is 17.7. The van der Waals surface area contributed by atoms with Gasteiger partial charge in [0.15, 0.2) is 5.16 Å². The van der Waals surface area contributed by atoms with Gasteiger partial charge in [-0.05, 0) is 24.1 Å². The topological polar surface area (TPSA) is 52.7 Å². The predicted octanol–water partition coefficient (Wildman–Crippen LogP) is 3.84. The van der Waals surface area contributed by atoms with E-state index >= 15 is 0 Å². The smallest absolute Gasteiger partial charge is 0.262 e. The predicted molar refractivity (Wildman–Crippen MR) is 101 cm³/mol. The number of hydrogen-bond donors (Lipinski definition) is 0. The summed E-state index contributed by atoms with van der Waals surface area (Å²) in [5.74, 6) is 1.10. The molecule has 0 atom stereocenters. The number of fused-ring (bicyclic) bond motifs is 1. The summed E-state index contributed by atoms with van der Waals surface area (Å²) in [6, 6.07) is 5.64. The zero-order valence-electron chi connectivity index (χ0n) is 13.9. The zero-order valence-corrected chi connectivity index (χ0v) is 16.3. The Morgan fingerprint density at radius 2 is 2.12 bits per heavy atom. The van der Waals surface area contributed by atoms with Gasteiger partial charge in [0.1, 0.15) is 0 Å². The molecule has 2 heterocycles. The molecule has 0 radical (unpaired) electrons. The molecule has 7 heteroatoms. The highest BCUT2D eigenvalue weighted by Gasteiger charge is 2.13. The summed E-state index contributed by atoms with van der Waals surface area (Å²) in [5.41, 5.74) is 1.87. The lowest BCUT2D eigenvalue weighted by Gasteiger charge is -2.14. The lowest BCUT2D eigenvalue weighted by molar-refractivity contribution is 0.475. The minimum Gasteiger partial charge on any atom is -0.287 e. The van der Waals surface area contributed by atoms with E-state index in [-0.39, 0.29) is 5.56 Å². The van der Waals surface area contributed by atoms with Gasteiger partial charge < -0.3 is 0 Å². The van der Waals surface area contributed by atoms with Gasteiger partial charge in [-0.2, -0.15) is 5.10 Å². The normalized spacial score (nSPS) is 11.5. The van der Waals surface area contributed by atoms with Crippen LogP contribution in [0.5, 0.6) is 0 Å². The highest BCUT2D eigenvalue weighted by Crippen LogP contribution is 2.24. The molecule has 0 aliphatic heterocycles. The second-order valence-electron chi connectivity index (χ2n) is 6.18. The van der Waals surface area contributed by atoms with Crippen molar-refractivity contribution < 1.29 is 0 Å². The zero-order chi connectivity index (χ0) is 17.3. The summed E-state index contributed by atoms with van der Waals surface area (Å²) in [6.45, 7) is 4.86. The Morgan fingerprint density at radius 1 is 1.33 bits per heavy atom. The molecule has 126 valence electrons. The fourth-order valence-electron chi connectivity index (χ4n) is 2.50. The molecule has 0 bridgehead atoms. The summed E-state index contributed by atoms with van der Waals surface area (Å²) in [7, 11) is 1.90. The number of hydrogen-bond acceptors (Lipinski definition) is 4. The molecule has 0 amide bonds. The second-order valence-corrected chi connectivity index (χ2v) is 8.03. The Hall–Kier alpha value is -1.60. The monoisotopic (exact) mass is 406 g/mol. The van der Waals surface area contributed by atoms with E-state index in [9.17, 15) is 4.79 Å². The minimum absolute atomic E-state index is 0.0173. The lowest BCUT2D eigenvalue weighted by Crippen LogP contribution is -2.25. The summed E-state index contributed by atoms with van der Waals surface area (Å²) in [6.07, 6.45) is 3.83. The van der Waals surface area contributed by atoms with Crippen molar-refractivity contribution >= 4 is 38.6 Å². The highest BCUT2D eigenvalue weighted by molar-refractivity contribution is 9.10. The van der Waals surface area contributed by atoms with Crippen molar-refractivity contribution in [2.24, 2.45) is 13.0 Å². The summed E-state index contributed by atoms with van der Waals surface area (Å²) in [5, 5.41) is 5.59. The van der Waals surface area contributed by atoms with Crippen LogP contribution in [0.3, 0.4) is 0 Å². The Labute approximate surface area is 153 Å². The molecule has 2 aromatic heterocycles. The highest BCUT2D eigenvalue weighted by atomic mass is 79.9. The Morgan fingerprint density at radius 3 is 2.79 bits per heavy atom. The maximum absolute atomic E-state index is 12.9. The first-order chi connectivity index (χ1) is 11.4. The molecule has 3 aromatic rings. The third-order valence-corrected chi connectivity index (χ3v) is 5.10. The van der Waals surface area contributed by atoms with E-state index in [1.807, 2.05) is 37.6 Å². The van der Waals surface area contributed by atoms with Crippen LogP contribution in [0.4, 0.5) is 0 Å². The molecule has 0 spiro atoms. The van der Waals surface area contributed by atoms with Gasteiger partial charge in [-0.15, -0.1) is 0 Å². The van der Waals surface area contributed by atoms with Gasteiger partial charge in [-0.3, -0.25) is 14.0 Å². The number of benzene rings is 1. The number of thioether (sulfide) groups is 1. The number of nitrogens with zero attached hydrogens (tertiary/aromatic N) is 4. The maximum atomic E-state index is 12.9. The van der Waals surface area contributed by atoms with Crippen LogP contribution in [0, 0.1) is 5.92 Å². The van der Waals surface area contributed by atoms with Crippen molar-refractivity contribution in [2.45, 2.75) is 31.3 Å². The van der Waals surface area contributed by atoms with Gasteiger partial charge in [0.25, 0.3) is 5.56 Å². The molecular formula is C17H19BrN4OS. The average molecular weight is 407 g/mol. The van der Waals surface area contributed by atoms with Crippen LogP contribution in [0.25, 0.3) is 10.9 Å². The van der Waals surface area contributed by atoms with Gasteiger partial charge in [0.05, 0.1) is 17.1 Å². The Bertz CT molecular complexity index is 932. The molecule has 0 aliphatic rings. The quantitative estimate of drug-likeness (QED) is 0.476. The Balaban J connectivity index is 2.03.